The van der Waals surface area contributed by atoms with E-state index in [1.54, 1.807) is 48.5 Å². The Bertz CT molecular complexity index is 1790. The Morgan fingerprint density at radius 1 is 1.08 bits per heavy atom. The van der Waals surface area contributed by atoms with E-state index in [2.05, 4.69) is 20.4 Å². The van der Waals surface area contributed by atoms with Gasteiger partial charge >= 0.3 is 0 Å². The number of hydrogen-bond acceptors (Lipinski definition) is 6. The molecule has 11 heteroatoms. The predicted molar refractivity (Wildman–Crippen MR) is 143 cm³/mol. The largest absolute Gasteiger partial charge is 0.358 e. The van der Waals surface area contributed by atoms with E-state index < -0.39 is 26.6 Å². The fourth-order valence-electron chi connectivity index (χ4n) is 5.11. The van der Waals surface area contributed by atoms with Crippen molar-refractivity contribution in [3.8, 4) is 0 Å². The minimum Gasteiger partial charge on any atom is -0.358 e. The maximum absolute atomic E-state index is 17.4. The third-order valence-electron chi connectivity index (χ3n) is 7.03. The topological polar surface area (TPSA) is 118 Å². The molecule has 2 atom stereocenters. The maximum atomic E-state index is 17.4. The van der Waals surface area contributed by atoms with Crippen LogP contribution < -0.4 is 5.32 Å². The van der Waals surface area contributed by atoms with Gasteiger partial charge in [-0.2, -0.15) is 4.98 Å². The normalized spacial score (nSPS) is 16.6. The second-order valence-corrected chi connectivity index (χ2v) is 11.9. The van der Waals surface area contributed by atoms with Crippen LogP contribution in [0.2, 0.25) is 5.02 Å². The first-order valence-electron chi connectivity index (χ1n) is 12.2. The number of aromatic nitrogens is 3. The summed E-state index contributed by atoms with van der Waals surface area (Å²) in [6.45, 7) is -0.175. The van der Waals surface area contributed by atoms with Gasteiger partial charge in [-0.05, 0) is 60.9 Å². The van der Waals surface area contributed by atoms with Gasteiger partial charge < -0.3 is 14.8 Å². The van der Waals surface area contributed by atoms with Gasteiger partial charge in [0.2, 0.25) is 9.84 Å². The standard InChI is InChI=1S/C28H22ClFN4O4S/c29-19-11-12-23-22(15-19)21-13-18(14-24(21)32-23)28(30,39(36,37)20-9-5-2-6-10-20)27-33-25(34-38-27)16-31-26(35)17-7-3-1-4-8-17/h1-12,15,18,32H,13-14,16H2,(H,31,35). The number of aromatic amines is 1. The average molecular weight is 565 g/mol. The van der Waals surface area contributed by atoms with Crippen LogP contribution in [-0.4, -0.2) is 29.4 Å². The highest BCUT2D eigenvalue weighted by atomic mass is 35.5. The Morgan fingerprint density at radius 2 is 1.79 bits per heavy atom. The van der Waals surface area contributed by atoms with E-state index >= 15 is 4.39 Å². The number of carbonyl (C=O) groups is 1. The van der Waals surface area contributed by atoms with Gasteiger partial charge in [-0.1, -0.05) is 53.2 Å². The van der Waals surface area contributed by atoms with E-state index in [4.69, 9.17) is 16.1 Å². The number of H-pyrrole nitrogens is 1. The highest BCUT2D eigenvalue weighted by Crippen LogP contribution is 2.49. The second kappa shape index (κ2) is 9.62. The number of carbonyl (C=O) groups excluding carboxylic acids is 1. The fourth-order valence-corrected chi connectivity index (χ4v) is 7.05. The summed E-state index contributed by atoms with van der Waals surface area (Å²) in [5.41, 5.74) is 2.80. The smallest absolute Gasteiger partial charge is 0.295 e. The molecule has 0 aliphatic heterocycles. The molecule has 2 N–H and O–H groups in total. The van der Waals surface area contributed by atoms with Crippen LogP contribution in [0.4, 0.5) is 4.39 Å². The van der Waals surface area contributed by atoms with Gasteiger partial charge in [-0.25, -0.2) is 12.8 Å². The molecule has 1 aliphatic rings. The lowest BCUT2D eigenvalue weighted by Crippen LogP contribution is -2.40. The number of hydrogen-bond donors (Lipinski definition) is 2. The van der Waals surface area contributed by atoms with Crippen LogP contribution in [0.1, 0.15) is 33.3 Å². The summed E-state index contributed by atoms with van der Waals surface area (Å²) in [7, 11) is -4.65. The summed E-state index contributed by atoms with van der Waals surface area (Å²) in [4.78, 5) is 19.6. The number of nitrogens with one attached hydrogen (secondary N) is 2. The van der Waals surface area contributed by atoms with E-state index in [0.29, 0.717) is 10.6 Å². The number of amides is 1. The lowest BCUT2D eigenvalue weighted by Gasteiger charge is -2.27. The van der Waals surface area contributed by atoms with E-state index in [9.17, 15) is 13.2 Å². The highest BCUT2D eigenvalue weighted by Gasteiger charge is 2.59. The number of sulfone groups is 1. The molecule has 1 aliphatic carbocycles. The van der Waals surface area contributed by atoms with Crippen LogP contribution in [0, 0.1) is 5.92 Å². The van der Waals surface area contributed by atoms with Crippen molar-refractivity contribution in [2.24, 2.45) is 5.92 Å². The van der Waals surface area contributed by atoms with E-state index in [-0.39, 0.29) is 36.0 Å². The zero-order valence-corrected chi connectivity index (χ0v) is 22.0. The van der Waals surface area contributed by atoms with Crippen LogP contribution in [0.25, 0.3) is 10.9 Å². The molecule has 2 unspecified atom stereocenters. The number of benzene rings is 3. The molecular weight excluding hydrogens is 543 g/mol. The van der Waals surface area contributed by atoms with Crippen molar-refractivity contribution in [1.82, 2.24) is 20.4 Å². The zero-order chi connectivity index (χ0) is 27.2. The van der Waals surface area contributed by atoms with Gasteiger partial charge in [0.05, 0.1) is 11.4 Å². The molecule has 5 aromatic rings. The van der Waals surface area contributed by atoms with Crippen LogP contribution in [0.5, 0.6) is 0 Å². The Kier molecular flexibility index (Phi) is 6.23. The molecule has 0 saturated heterocycles. The Morgan fingerprint density at radius 3 is 2.54 bits per heavy atom. The van der Waals surface area contributed by atoms with E-state index in [0.717, 1.165) is 22.2 Å². The summed E-state index contributed by atoms with van der Waals surface area (Å²) in [5, 5.41) is 4.74. The molecular formula is C28H22ClFN4O4S. The van der Waals surface area contributed by atoms with Crippen molar-refractivity contribution in [1.29, 1.82) is 0 Å². The highest BCUT2D eigenvalue weighted by molar-refractivity contribution is 7.92. The molecule has 0 bridgehead atoms. The zero-order valence-electron chi connectivity index (χ0n) is 20.4. The van der Waals surface area contributed by atoms with Crippen LogP contribution in [0.3, 0.4) is 0 Å². The molecule has 0 saturated carbocycles. The molecule has 1 amide bonds. The first-order chi connectivity index (χ1) is 18.8. The third kappa shape index (κ3) is 4.29. The van der Waals surface area contributed by atoms with Crippen LogP contribution >= 0.6 is 11.6 Å². The summed E-state index contributed by atoms with van der Waals surface area (Å²) < 4.78 is 50.4. The molecule has 0 radical (unpaired) electrons. The summed E-state index contributed by atoms with van der Waals surface area (Å²) in [6, 6.07) is 21.3. The van der Waals surface area contributed by atoms with Crippen molar-refractivity contribution in [2.45, 2.75) is 29.3 Å². The lowest BCUT2D eigenvalue weighted by atomic mass is 9.98. The molecule has 2 aromatic heterocycles. The Labute approximate surface area is 228 Å². The van der Waals surface area contributed by atoms with Crippen molar-refractivity contribution in [3.63, 3.8) is 0 Å². The third-order valence-corrected chi connectivity index (χ3v) is 9.45. The van der Waals surface area contributed by atoms with Gasteiger partial charge in [0.15, 0.2) is 5.82 Å². The van der Waals surface area contributed by atoms with Crippen molar-refractivity contribution < 1.29 is 22.1 Å². The van der Waals surface area contributed by atoms with Crippen molar-refractivity contribution >= 4 is 38.2 Å². The number of nitrogens with zero attached hydrogens (tertiary/aromatic N) is 2. The summed E-state index contributed by atoms with van der Waals surface area (Å²) in [6.07, 6.45) is 0.216. The first kappa shape index (κ1) is 25.3. The fraction of sp³-hybridized carbons (Fsp3) is 0.179. The SMILES string of the molecule is O=C(NCc1noc(C(F)(C2Cc3[nH]c4ccc(Cl)cc4c3C2)S(=O)(=O)c2ccccc2)n1)c1ccccc1. The van der Waals surface area contributed by atoms with Gasteiger partial charge in [-0.15, -0.1) is 0 Å². The van der Waals surface area contributed by atoms with E-state index in [1.807, 2.05) is 6.07 Å². The van der Waals surface area contributed by atoms with Crippen LogP contribution in [0.15, 0.2) is 88.3 Å². The predicted octanol–water partition coefficient (Wildman–Crippen LogP) is 5.15. The summed E-state index contributed by atoms with van der Waals surface area (Å²) in [5.74, 6) is -2.16. The Hall–Kier alpha value is -4.02. The average Bonchev–Trinajstić information content (AvgIpc) is 3.68. The minimum absolute atomic E-state index is 0.0479. The quantitative estimate of drug-likeness (QED) is 0.282. The minimum atomic E-state index is -4.65. The van der Waals surface area contributed by atoms with Gasteiger partial charge in [-0.3, -0.25) is 4.79 Å². The summed E-state index contributed by atoms with van der Waals surface area (Å²) >= 11 is 6.20. The van der Waals surface area contributed by atoms with Crippen LogP contribution in [-0.2, 0) is 34.2 Å². The number of fused-ring (bicyclic) bond motifs is 3. The molecule has 198 valence electrons. The van der Waals surface area contributed by atoms with Gasteiger partial charge in [0, 0.05) is 33.1 Å². The molecule has 2 heterocycles. The Balaban J connectivity index is 1.35. The van der Waals surface area contributed by atoms with E-state index in [1.165, 1.54) is 24.3 Å². The number of alkyl halides is 1. The maximum Gasteiger partial charge on any atom is 0.295 e. The monoisotopic (exact) mass is 564 g/mol. The van der Waals surface area contributed by atoms with Crippen molar-refractivity contribution in [2.75, 3.05) is 0 Å². The van der Waals surface area contributed by atoms with Gasteiger partial charge in [0.25, 0.3) is 16.8 Å². The number of halogens is 2. The lowest BCUT2D eigenvalue weighted by molar-refractivity contribution is 0.0949. The van der Waals surface area contributed by atoms with Crippen molar-refractivity contribution in [3.05, 3.63) is 112 Å². The number of rotatable bonds is 7. The first-order valence-corrected chi connectivity index (χ1v) is 14.1. The molecule has 0 fully saturated rings. The van der Waals surface area contributed by atoms with Gasteiger partial charge in [0.1, 0.15) is 0 Å². The molecule has 3 aromatic carbocycles. The molecule has 6 rings (SSSR count). The molecule has 8 nitrogen and oxygen atoms in total. The molecule has 39 heavy (non-hydrogen) atoms. The second-order valence-electron chi connectivity index (χ2n) is 9.40. The molecule has 0 spiro atoms.